The van der Waals surface area contributed by atoms with Crippen LogP contribution in [0.5, 0.6) is 0 Å². The molecule has 594 valence electrons. The SMILES string of the molecule is CN1CCC([C@@H]2CCCN2CC(=O)N(C)C)CC1.CN1CCC([C@@H]2CCCN2c2ccccc2)CC1.CN1CCC([C@@H]2CCCN2c2ccccn2)CC1.CN1CCC([C@@H]2CCCN2c2ccncc2)CC1.CN1CCC([C@@H]2CCCN2c2ncccn2)CC1.COC(=O)CN1CCC[C@H]1C1CCN(C)CC1. The Morgan fingerprint density at radius 1 is 0.346 bits per heavy atom. The summed E-state index contributed by atoms with van der Waals surface area (Å²) in [4.78, 5) is 72.1. The van der Waals surface area contributed by atoms with Crippen LogP contribution in [0, 0.1) is 35.5 Å². The summed E-state index contributed by atoms with van der Waals surface area (Å²) < 4.78 is 4.78. The number of ether oxygens (including phenoxy) is 1. The van der Waals surface area contributed by atoms with Crippen molar-refractivity contribution in [1.82, 2.24) is 64.0 Å². The average Bonchev–Trinajstić information content (AvgIpc) is 1.81. The number of esters is 1. The number of benzene rings is 1. The van der Waals surface area contributed by atoms with Gasteiger partial charge in [-0.05, 0) is 366 Å². The first-order valence-corrected chi connectivity index (χ1v) is 42.7. The van der Waals surface area contributed by atoms with E-state index < -0.39 is 0 Å². The summed E-state index contributed by atoms with van der Waals surface area (Å²) in [5.74, 6) is 7.33. The molecule has 0 unspecified atom stereocenters. The molecule has 4 aromatic rings. The number of nitrogens with zero attached hydrogens (tertiary/aromatic N) is 17. The van der Waals surface area contributed by atoms with Crippen LogP contribution in [0.1, 0.15) is 154 Å². The lowest BCUT2D eigenvalue weighted by Gasteiger charge is -2.38. The third-order valence-electron chi connectivity index (χ3n) is 27.1. The fourth-order valence-corrected chi connectivity index (χ4v) is 20.6. The van der Waals surface area contributed by atoms with Crippen LogP contribution in [-0.2, 0) is 14.3 Å². The van der Waals surface area contributed by atoms with Crippen LogP contribution in [-0.4, -0.2) is 307 Å². The topological polar surface area (TPSA) is 137 Å². The van der Waals surface area contributed by atoms with Crippen molar-refractivity contribution >= 4 is 35.0 Å². The van der Waals surface area contributed by atoms with E-state index in [1.807, 2.05) is 57.2 Å². The van der Waals surface area contributed by atoms with Gasteiger partial charge in [0.1, 0.15) is 5.82 Å². The monoisotopic (exact) mass is 1470 g/mol. The standard InChI is InChI=1S/C16H24N2.2C15H23N3.C14H22N4.C14H27N3O.C13H24N2O2/c1-17-12-9-14(10-13-17)16-8-5-11-18(16)15-6-3-2-4-7-15;1-17-11-6-13(7-12-17)15-3-2-10-18(15)14-4-8-16-9-5-14;1-17-11-7-13(8-12-17)14-5-4-10-18(14)15-6-2-3-9-16-15;1-17-10-5-12(6-11-17)13-4-2-9-18(13)14-15-7-3-8-16-14;1-15(2)14(18)11-17-8-4-5-13(17)12-6-9-16(3)10-7-12;1-14-8-5-11(6-9-14)12-4-3-7-15(12)10-13(16)17-2/h2-4,6-7,14,16H,5,8-13H2,1H3;4-5,8-9,13,15H,2-3,6-7,10-12H2,1H3;2-3,6,9,13-14H,4-5,7-8,10-12H2,1H3;3,7-8,12-13H,2,4-6,9-11H2,1H3;12-13H,4-11H2,1-3H3;11-12H,3-10H2,1-2H3/t16-;15-;14-;2*13-;12-/m000000/s1. The van der Waals surface area contributed by atoms with Crippen LogP contribution >= 0.6 is 0 Å². The summed E-state index contributed by atoms with van der Waals surface area (Å²) in [5.41, 5.74) is 2.80. The van der Waals surface area contributed by atoms with Crippen LogP contribution in [0.2, 0.25) is 0 Å². The van der Waals surface area contributed by atoms with Gasteiger partial charge in [0, 0.05) is 119 Å². The maximum Gasteiger partial charge on any atom is 0.319 e. The van der Waals surface area contributed by atoms with Gasteiger partial charge < -0.3 is 58.6 Å². The number of hydrogen-bond donors (Lipinski definition) is 0. The summed E-state index contributed by atoms with van der Waals surface area (Å²) >= 11 is 0. The number of carbonyl (C=O) groups excluding carboxylic acids is 2. The van der Waals surface area contributed by atoms with Crippen LogP contribution in [0.25, 0.3) is 0 Å². The first-order valence-electron chi connectivity index (χ1n) is 42.7. The largest absolute Gasteiger partial charge is 0.468 e. The molecule has 6 atom stereocenters. The molecule has 0 radical (unpaired) electrons. The van der Waals surface area contributed by atoms with E-state index in [2.05, 4.69) is 176 Å². The van der Waals surface area contributed by atoms with E-state index >= 15 is 0 Å². The first kappa shape index (κ1) is 82.4. The molecule has 0 aliphatic carbocycles. The summed E-state index contributed by atoms with van der Waals surface area (Å²) in [6.07, 6.45) is 41.2. The number of hydrogen-bond acceptors (Lipinski definition) is 19. The highest BCUT2D eigenvalue weighted by molar-refractivity contribution is 5.77. The molecule has 20 heteroatoms. The molecule has 12 aliphatic heterocycles. The van der Waals surface area contributed by atoms with Gasteiger partial charge in [-0.25, -0.2) is 15.0 Å². The van der Waals surface area contributed by atoms with Crippen molar-refractivity contribution < 1.29 is 14.3 Å². The van der Waals surface area contributed by atoms with Gasteiger partial charge in [0.2, 0.25) is 11.9 Å². The van der Waals surface area contributed by atoms with Crippen LogP contribution in [0.15, 0.2) is 97.7 Å². The Morgan fingerprint density at radius 3 is 1.07 bits per heavy atom. The number of methoxy groups -OCH3 is 1. The Hall–Kier alpha value is -5.58. The lowest BCUT2D eigenvalue weighted by Crippen LogP contribution is -2.45. The van der Waals surface area contributed by atoms with E-state index in [4.69, 9.17) is 4.74 Å². The van der Waals surface area contributed by atoms with E-state index in [-0.39, 0.29) is 11.9 Å². The molecule has 107 heavy (non-hydrogen) atoms. The van der Waals surface area contributed by atoms with Gasteiger partial charge in [-0.3, -0.25) is 24.4 Å². The fourth-order valence-electron chi connectivity index (χ4n) is 20.6. The zero-order chi connectivity index (χ0) is 74.9. The highest BCUT2D eigenvalue weighted by Gasteiger charge is 2.40. The number of para-hydroxylation sites is 1. The van der Waals surface area contributed by atoms with E-state index in [1.54, 1.807) is 4.90 Å². The summed E-state index contributed by atoms with van der Waals surface area (Å²) in [6, 6.07) is 27.7. The van der Waals surface area contributed by atoms with Gasteiger partial charge in [0.15, 0.2) is 0 Å². The molecule has 1 amide bonds. The van der Waals surface area contributed by atoms with Crippen LogP contribution < -0.4 is 19.6 Å². The molecule has 20 nitrogen and oxygen atoms in total. The number of pyridine rings is 2. The predicted octanol–water partition coefficient (Wildman–Crippen LogP) is 11.4. The highest BCUT2D eigenvalue weighted by atomic mass is 16.5. The Morgan fingerprint density at radius 2 is 0.673 bits per heavy atom. The van der Waals surface area contributed by atoms with Gasteiger partial charge in [-0.2, -0.15) is 0 Å². The molecule has 12 fully saturated rings. The maximum atomic E-state index is 11.9. The zero-order valence-electron chi connectivity index (χ0n) is 68.1. The second kappa shape index (κ2) is 42.7. The molecule has 3 aromatic heterocycles. The molecule has 1 aromatic carbocycles. The van der Waals surface area contributed by atoms with Crippen molar-refractivity contribution in [3.63, 3.8) is 0 Å². The number of likely N-dealkylation sites (tertiary alicyclic amines) is 8. The number of rotatable bonds is 14. The van der Waals surface area contributed by atoms with Crippen molar-refractivity contribution in [2.24, 2.45) is 35.5 Å². The van der Waals surface area contributed by atoms with Gasteiger partial charge in [0.25, 0.3) is 0 Å². The van der Waals surface area contributed by atoms with Crippen molar-refractivity contribution in [2.45, 2.75) is 190 Å². The van der Waals surface area contributed by atoms with Crippen LogP contribution in [0.3, 0.4) is 0 Å². The predicted molar refractivity (Wildman–Crippen MR) is 440 cm³/mol. The lowest BCUT2D eigenvalue weighted by atomic mass is 9.88. The smallest absolute Gasteiger partial charge is 0.319 e. The molecule has 12 saturated heterocycles. The first-order chi connectivity index (χ1) is 52.2. The number of amides is 1. The number of likely N-dealkylation sites (N-methyl/N-ethyl adjacent to an activating group) is 1. The minimum Gasteiger partial charge on any atom is -0.468 e. The Bertz CT molecular complexity index is 2800. The second-order valence-corrected chi connectivity index (χ2v) is 34.5. The molecular weight excluding hydrogens is 1330 g/mol. The molecule has 0 saturated carbocycles. The van der Waals surface area contributed by atoms with Crippen molar-refractivity contribution in [1.29, 1.82) is 0 Å². The molecule has 12 aliphatic rings. The minimum absolute atomic E-state index is 0.0928. The van der Waals surface area contributed by atoms with E-state index in [0.717, 1.165) is 79.2 Å². The quantitative estimate of drug-likeness (QED) is 0.111. The number of aromatic nitrogens is 4. The van der Waals surface area contributed by atoms with E-state index in [0.29, 0.717) is 31.2 Å². The van der Waals surface area contributed by atoms with E-state index in [9.17, 15) is 9.59 Å². The molecular formula is C87H143N17O3. The Kier molecular flexibility index (Phi) is 32.9. The molecule has 0 bridgehead atoms. The number of anilines is 4. The average molecular weight is 1480 g/mol. The summed E-state index contributed by atoms with van der Waals surface area (Å²) in [6.45, 7) is 23.0. The lowest BCUT2D eigenvalue weighted by molar-refractivity contribution is -0.142. The number of piperidine rings is 6. The molecule has 15 heterocycles. The number of carbonyl (C=O) groups is 2. The fraction of sp³-hybridized carbons (Fsp3) is 0.747. The zero-order valence-corrected chi connectivity index (χ0v) is 68.1. The third-order valence-corrected chi connectivity index (χ3v) is 27.1. The Balaban J connectivity index is 0.000000128. The minimum atomic E-state index is -0.0928. The summed E-state index contributed by atoms with van der Waals surface area (Å²) in [7, 11) is 18.5. The normalized spacial score (nSPS) is 27.1. The summed E-state index contributed by atoms with van der Waals surface area (Å²) in [5, 5.41) is 0. The van der Waals surface area contributed by atoms with Gasteiger partial charge in [-0.1, -0.05) is 24.3 Å². The maximum absolute atomic E-state index is 11.9. The van der Waals surface area contributed by atoms with Crippen molar-refractivity contribution in [3.8, 4) is 0 Å². The van der Waals surface area contributed by atoms with Crippen LogP contribution in [0.4, 0.5) is 23.1 Å². The molecule has 0 spiro atoms. The molecule has 0 N–H and O–H groups in total. The Labute approximate surface area is 647 Å². The second-order valence-electron chi connectivity index (χ2n) is 34.5. The highest BCUT2D eigenvalue weighted by Crippen LogP contribution is 2.39. The van der Waals surface area contributed by atoms with E-state index in [1.165, 1.54) is 277 Å². The molecule has 16 rings (SSSR count). The van der Waals surface area contributed by atoms with Crippen molar-refractivity contribution in [2.75, 3.05) is 214 Å². The van der Waals surface area contributed by atoms with Crippen molar-refractivity contribution in [3.05, 3.63) is 97.7 Å². The third kappa shape index (κ3) is 24.2. The van der Waals surface area contributed by atoms with Gasteiger partial charge in [-0.15, -0.1) is 0 Å². The van der Waals surface area contributed by atoms with Gasteiger partial charge in [0.05, 0.1) is 20.2 Å². The van der Waals surface area contributed by atoms with Gasteiger partial charge >= 0.3 is 5.97 Å².